The van der Waals surface area contributed by atoms with Gasteiger partial charge in [0.2, 0.25) is 0 Å². The molecule has 0 amide bonds. The van der Waals surface area contributed by atoms with Crippen LogP contribution in [0, 0.1) is 0 Å². The molecule has 0 aromatic rings. The minimum atomic E-state index is -0.666. The Kier molecular flexibility index (Phi) is 62.7. The molecule has 6 nitrogen and oxygen atoms in total. The predicted octanol–water partition coefficient (Wildman–Crippen LogP) is 16.0. The average Bonchev–Trinajstić information content (AvgIpc) is 3.14. The van der Waals surface area contributed by atoms with Crippen molar-refractivity contribution < 1.29 is 62.4 Å². The van der Waals surface area contributed by atoms with E-state index in [9.17, 15) is 14.4 Å². The Morgan fingerprint density at radius 1 is 0.291 bits per heavy atom. The van der Waals surface area contributed by atoms with Crippen LogP contribution in [0.2, 0.25) is 0 Å². The fourth-order valence-corrected chi connectivity index (χ4v) is 5.98. The summed E-state index contributed by atoms with van der Waals surface area (Å²) in [5, 5.41) is 25.4. The van der Waals surface area contributed by atoms with E-state index < -0.39 is 17.9 Å². The van der Waals surface area contributed by atoms with Gasteiger partial charge in [-0.25, -0.2) is 0 Å². The Bertz CT molecular complexity index is 744. The second-order valence-electron chi connectivity index (χ2n) is 15.1. The molecule has 321 valence electrons. The van der Waals surface area contributed by atoms with Crippen molar-refractivity contribution in [3.05, 3.63) is 36.5 Å². The Morgan fingerprint density at radius 3 is 0.636 bits per heavy atom. The molecule has 0 atom stereocenters. The first-order chi connectivity index (χ1) is 26.3. The minimum absolute atomic E-state index is 0. The molecule has 1 radical (unpaired) electrons. The van der Waals surface area contributed by atoms with Gasteiger partial charge in [0.05, 0.1) is 0 Å². The topological polar surface area (TPSA) is 112 Å². The van der Waals surface area contributed by atoms with Crippen molar-refractivity contribution in [2.24, 2.45) is 0 Å². The third kappa shape index (κ3) is 71.0. The molecule has 0 saturated heterocycles. The maximum Gasteiger partial charge on any atom is 0.303 e. The van der Waals surface area contributed by atoms with Crippen LogP contribution in [0.5, 0.6) is 0 Å². The summed E-state index contributed by atoms with van der Waals surface area (Å²) >= 11 is 0. The number of rotatable bonds is 39. The van der Waals surface area contributed by atoms with Crippen LogP contribution in [0.1, 0.15) is 252 Å². The van der Waals surface area contributed by atoms with Crippen molar-refractivity contribution in [3.8, 4) is 0 Å². The predicted molar refractivity (Wildman–Crippen MR) is 234 cm³/mol. The molecule has 0 spiro atoms. The van der Waals surface area contributed by atoms with Gasteiger partial charge in [0, 0.05) is 52.0 Å². The van der Waals surface area contributed by atoms with Crippen LogP contribution in [-0.4, -0.2) is 33.2 Å². The largest absolute Gasteiger partial charge is 0.481 e. The molecule has 0 aliphatic heterocycles. The van der Waals surface area contributed by atoms with E-state index in [0.29, 0.717) is 19.3 Å². The first kappa shape index (κ1) is 60.4. The summed E-state index contributed by atoms with van der Waals surface area (Å²) < 4.78 is 0. The number of aliphatic carboxylic acids is 3. The molecule has 55 heavy (non-hydrogen) atoms. The smallest absolute Gasteiger partial charge is 0.303 e. The fourth-order valence-electron chi connectivity index (χ4n) is 5.98. The van der Waals surface area contributed by atoms with E-state index in [2.05, 4.69) is 57.2 Å². The Balaban J connectivity index is -0.000000351. The van der Waals surface area contributed by atoms with Gasteiger partial charge in [0.25, 0.3) is 0 Å². The van der Waals surface area contributed by atoms with Crippen LogP contribution in [-0.2, 0) is 47.1 Å². The number of carboxylic acid groups (broad SMARTS) is 3. The summed E-state index contributed by atoms with van der Waals surface area (Å²) in [6.07, 6.45) is 55.0. The molecule has 0 aliphatic carbocycles. The maximum absolute atomic E-state index is 10.3. The molecular formula is C48H90O6Y. The number of allylic oxidation sites excluding steroid dienone is 6. The normalized spacial score (nSPS) is 11.0. The zero-order valence-electron chi connectivity index (χ0n) is 36.6. The van der Waals surface area contributed by atoms with E-state index in [0.717, 1.165) is 38.5 Å². The van der Waals surface area contributed by atoms with Crippen LogP contribution < -0.4 is 0 Å². The zero-order valence-corrected chi connectivity index (χ0v) is 39.4. The number of hydrogen-bond acceptors (Lipinski definition) is 3. The molecule has 0 fully saturated rings. The van der Waals surface area contributed by atoms with Crippen molar-refractivity contribution in [2.75, 3.05) is 0 Å². The standard InChI is InChI=1S/3C16H30O2.Y/c3*1-2-3-4-5-6-7-8-9-10-11-12-13-14-15-16(17)18;/h3*7-8H,2-6,9-15H2,1H3,(H,17,18);/b3*8-7-;. The first-order valence-electron chi connectivity index (χ1n) is 22.9. The van der Waals surface area contributed by atoms with Gasteiger partial charge in [-0.3, -0.25) is 14.4 Å². The molecule has 0 aromatic carbocycles. The molecule has 0 unspecified atom stereocenters. The molecule has 0 rings (SSSR count). The molecule has 0 aromatic heterocycles. The fraction of sp³-hybridized carbons (Fsp3) is 0.812. The van der Waals surface area contributed by atoms with Crippen molar-refractivity contribution in [1.29, 1.82) is 0 Å². The van der Waals surface area contributed by atoms with Crippen LogP contribution in [0.4, 0.5) is 0 Å². The Hall–Kier alpha value is -1.27. The maximum atomic E-state index is 10.3. The van der Waals surface area contributed by atoms with Crippen molar-refractivity contribution in [3.63, 3.8) is 0 Å². The van der Waals surface area contributed by atoms with Crippen molar-refractivity contribution in [2.45, 2.75) is 252 Å². The van der Waals surface area contributed by atoms with Gasteiger partial charge >= 0.3 is 17.9 Å². The van der Waals surface area contributed by atoms with E-state index >= 15 is 0 Å². The van der Waals surface area contributed by atoms with Crippen LogP contribution in [0.3, 0.4) is 0 Å². The van der Waals surface area contributed by atoms with E-state index in [1.54, 1.807) is 0 Å². The van der Waals surface area contributed by atoms with Gasteiger partial charge < -0.3 is 15.3 Å². The van der Waals surface area contributed by atoms with Crippen LogP contribution >= 0.6 is 0 Å². The van der Waals surface area contributed by atoms with Crippen LogP contribution in [0.25, 0.3) is 0 Å². The summed E-state index contributed by atoms with van der Waals surface area (Å²) in [5.74, 6) is -2.00. The summed E-state index contributed by atoms with van der Waals surface area (Å²) in [5.41, 5.74) is 0. The third-order valence-electron chi connectivity index (χ3n) is 9.46. The van der Waals surface area contributed by atoms with E-state index in [1.807, 2.05) is 0 Å². The third-order valence-corrected chi connectivity index (χ3v) is 9.46. The van der Waals surface area contributed by atoms with Gasteiger partial charge in [-0.05, 0) is 96.3 Å². The van der Waals surface area contributed by atoms with E-state index in [1.165, 1.54) is 173 Å². The Labute approximate surface area is 366 Å². The SMILES string of the molecule is CCCCCC/C=C\CCCCCCCC(=O)O.CCCCCC/C=C\CCCCCCCC(=O)O.CCCCCC/C=C\CCCCCCCC(=O)O.[Y]. The van der Waals surface area contributed by atoms with Gasteiger partial charge in [-0.1, -0.05) is 173 Å². The van der Waals surface area contributed by atoms with Gasteiger partial charge in [0.1, 0.15) is 0 Å². The minimum Gasteiger partial charge on any atom is -0.481 e. The molecule has 7 heteroatoms. The zero-order chi connectivity index (χ0) is 40.4. The average molecular weight is 852 g/mol. The Morgan fingerprint density at radius 2 is 0.455 bits per heavy atom. The second kappa shape index (κ2) is 57.1. The van der Waals surface area contributed by atoms with E-state index in [4.69, 9.17) is 15.3 Å². The summed E-state index contributed by atoms with van der Waals surface area (Å²) in [6.45, 7) is 6.73. The monoisotopic (exact) mass is 852 g/mol. The molecule has 0 heterocycles. The van der Waals surface area contributed by atoms with Crippen LogP contribution in [0.15, 0.2) is 36.5 Å². The molecule has 3 N–H and O–H groups in total. The van der Waals surface area contributed by atoms with Gasteiger partial charge in [0.15, 0.2) is 0 Å². The molecular weight excluding hydrogens is 761 g/mol. The summed E-state index contributed by atoms with van der Waals surface area (Å²) in [6, 6.07) is 0. The molecule has 0 bridgehead atoms. The second-order valence-corrected chi connectivity index (χ2v) is 15.1. The van der Waals surface area contributed by atoms with E-state index in [-0.39, 0.29) is 32.7 Å². The number of carbonyl (C=O) groups is 3. The quantitative estimate of drug-likeness (QED) is 0.0419. The number of unbranched alkanes of at least 4 members (excludes halogenated alkanes) is 27. The first-order valence-corrected chi connectivity index (χ1v) is 22.9. The van der Waals surface area contributed by atoms with Gasteiger partial charge in [-0.2, -0.15) is 0 Å². The summed E-state index contributed by atoms with van der Waals surface area (Å²) in [4.78, 5) is 30.9. The summed E-state index contributed by atoms with van der Waals surface area (Å²) in [7, 11) is 0. The molecule has 0 aliphatic rings. The van der Waals surface area contributed by atoms with Crippen molar-refractivity contribution in [1.82, 2.24) is 0 Å². The number of hydrogen-bond donors (Lipinski definition) is 3. The number of carboxylic acids is 3. The molecule has 0 saturated carbocycles. The van der Waals surface area contributed by atoms with Gasteiger partial charge in [-0.15, -0.1) is 0 Å². The van der Waals surface area contributed by atoms with Crippen molar-refractivity contribution >= 4 is 17.9 Å².